The lowest BCUT2D eigenvalue weighted by Crippen LogP contribution is -2.58. The molecular weight excluding hydrogens is 352 g/mol. The van der Waals surface area contributed by atoms with Gasteiger partial charge in [-0.15, -0.1) is 0 Å². The first-order chi connectivity index (χ1) is 13.4. The van der Waals surface area contributed by atoms with Crippen molar-refractivity contribution in [2.24, 2.45) is 0 Å². The fraction of sp³-hybridized carbons (Fsp3) is 0.636. The molecule has 0 saturated carbocycles. The molecule has 0 aromatic heterocycles. The number of amides is 2. The molecule has 0 radical (unpaired) electrons. The van der Waals surface area contributed by atoms with Crippen LogP contribution in [0.3, 0.4) is 0 Å². The molecule has 6 heteroatoms. The van der Waals surface area contributed by atoms with E-state index in [-0.39, 0.29) is 11.8 Å². The van der Waals surface area contributed by atoms with Gasteiger partial charge in [-0.3, -0.25) is 14.5 Å². The molecular formula is C22H34N4O2. The molecule has 2 atom stereocenters. The number of benzene rings is 1. The molecule has 6 nitrogen and oxygen atoms in total. The largest absolute Gasteiger partial charge is 0.336 e. The summed E-state index contributed by atoms with van der Waals surface area (Å²) in [6.07, 6.45) is 2.63. The number of carbonyl (C=O) groups excluding carboxylic acids is 2. The fourth-order valence-corrected chi connectivity index (χ4v) is 4.44. The second kappa shape index (κ2) is 9.05. The number of hydrogen-bond acceptors (Lipinski definition) is 4. The van der Waals surface area contributed by atoms with Crippen molar-refractivity contribution < 1.29 is 9.59 Å². The number of rotatable bonds is 6. The third kappa shape index (κ3) is 4.73. The van der Waals surface area contributed by atoms with Gasteiger partial charge in [-0.05, 0) is 65.5 Å². The van der Waals surface area contributed by atoms with E-state index >= 15 is 0 Å². The highest BCUT2D eigenvalue weighted by molar-refractivity contribution is 5.99. The van der Waals surface area contributed by atoms with Crippen LogP contribution in [0, 0.1) is 0 Å². The summed E-state index contributed by atoms with van der Waals surface area (Å²) < 4.78 is 0. The summed E-state index contributed by atoms with van der Waals surface area (Å²) in [6, 6.07) is 8.25. The Morgan fingerprint density at radius 2 is 1.89 bits per heavy atom. The Morgan fingerprint density at radius 3 is 2.50 bits per heavy atom. The average molecular weight is 387 g/mol. The van der Waals surface area contributed by atoms with Crippen LogP contribution in [-0.2, 0) is 4.79 Å². The van der Waals surface area contributed by atoms with Gasteiger partial charge in [-0.1, -0.05) is 6.07 Å². The number of piperazine rings is 1. The van der Waals surface area contributed by atoms with Gasteiger partial charge in [-0.2, -0.15) is 0 Å². The van der Waals surface area contributed by atoms with Gasteiger partial charge in [0.1, 0.15) is 0 Å². The fourth-order valence-electron chi connectivity index (χ4n) is 4.44. The SMILES string of the molecule is CC1CN(C(=O)c2cccc(N3CCCC3=O)c2)CC(C)N1CCCN(C)C. The van der Waals surface area contributed by atoms with E-state index in [2.05, 4.69) is 37.7 Å². The predicted molar refractivity (Wildman–Crippen MR) is 113 cm³/mol. The van der Waals surface area contributed by atoms with Crippen LogP contribution in [0.2, 0.25) is 0 Å². The Labute approximate surface area is 169 Å². The van der Waals surface area contributed by atoms with E-state index in [0.29, 0.717) is 24.1 Å². The highest BCUT2D eigenvalue weighted by Crippen LogP contribution is 2.24. The van der Waals surface area contributed by atoms with E-state index in [1.807, 2.05) is 29.2 Å². The number of anilines is 1. The van der Waals surface area contributed by atoms with Crippen LogP contribution in [0.25, 0.3) is 0 Å². The van der Waals surface area contributed by atoms with Crippen LogP contribution >= 0.6 is 0 Å². The Kier molecular flexibility index (Phi) is 6.73. The second-order valence-corrected chi connectivity index (χ2v) is 8.50. The first kappa shape index (κ1) is 20.8. The minimum Gasteiger partial charge on any atom is -0.336 e. The summed E-state index contributed by atoms with van der Waals surface area (Å²) in [4.78, 5) is 33.7. The van der Waals surface area contributed by atoms with Gasteiger partial charge < -0.3 is 14.7 Å². The number of nitrogens with zero attached hydrogens (tertiary/aromatic N) is 4. The number of hydrogen-bond donors (Lipinski definition) is 0. The molecule has 3 rings (SSSR count). The molecule has 0 bridgehead atoms. The zero-order chi connectivity index (χ0) is 20.3. The monoisotopic (exact) mass is 386 g/mol. The molecule has 1 aromatic carbocycles. The molecule has 2 fully saturated rings. The van der Waals surface area contributed by atoms with Gasteiger partial charge in [0.15, 0.2) is 0 Å². The van der Waals surface area contributed by atoms with Gasteiger partial charge in [0, 0.05) is 55.9 Å². The maximum absolute atomic E-state index is 13.1. The molecule has 28 heavy (non-hydrogen) atoms. The average Bonchev–Trinajstić information content (AvgIpc) is 3.09. The van der Waals surface area contributed by atoms with Gasteiger partial charge in [0.25, 0.3) is 5.91 Å². The van der Waals surface area contributed by atoms with Gasteiger partial charge >= 0.3 is 0 Å². The third-order valence-corrected chi connectivity index (χ3v) is 5.89. The van der Waals surface area contributed by atoms with Gasteiger partial charge in [-0.25, -0.2) is 0 Å². The molecule has 154 valence electrons. The summed E-state index contributed by atoms with van der Waals surface area (Å²) >= 11 is 0. The first-order valence-electron chi connectivity index (χ1n) is 10.5. The standard InChI is InChI=1S/C22H34N4O2/c1-17-15-24(16-18(2)25(17)13-7-11-23(3)4)22(28)19-8-5-9-20(14-19)26-12-6-10-21(26)27/h5,8-9,14,17-18H,6-7,10-13,15-16H2,1-4H3. The van der Waals surface area contributed by atoms with Crippen molar-refractivity contribution in [3.8, 4) is 0 Å². The lowest BCUT2D eigenvalue weighted by Gasteiger charge is -2.44. The van der Waals surface area contributed by atoms with Crippen LogP contribution in [0.4, 0.5) is 5.69 Å². The van der Waals surface area contributed by atoms with E-state index < -0.39 is 0 Å². The highest BCUT2D eigenvalue weighted by Gasteiger charge is 2.32. The maximum atomic E-state index is 13.1. The molecule has 2 unspecified atom stereocenters. The Bertz CT molecular complexity index is 694. The smallest absolute Gasteiger partial charge is 0.254 e. The maximum Gasteiger partial charge on any atom is 0.254 e. The summed E-state index contributed by atoms with van der Waals surface area (Å²) in [5.74, 6) is 0.221. The second-order valence-electron chi connectivity index (χ2n) is 8.50. The topological polar surface area (TPSA) is 47.1 Å². The van der Waals surface area contributed by atoms with Crippen LogP contribution < -0.4 is 4.90 Å². The highest BCUT2D eigenvalue weighted by atomic mass is 16.2. The van der Waals surface area contributed by atoms with Crippen molar-refractivity contribution >= 4 is 17.5 Å². The van der Waals surface area contributed by atoms with Crippen molar-refractivity contribution in [3.05, 3.63) is 29.8 Å². The summed E-state index contributed by atoms with van der Waals surface area (Å²) in [7, 11) is 4.21. The van der Waals surface area contributed by atoms with Gasteiger partial charge in [0.2, 0.25) is 5.91 Å². The lowest BCUT2D eigenvalue weighted by atomic mass is 10.1. The quantitative estimate of drug-likeness (QED) is 0.753. The first-order valence-corrected chi connectivity index (χ1v) is 10.5. The molecule has 2 aliphatic rings. The molecule has 0 spiro atoms. The minimum absolute atomic E-state index is 0.0696. The zero-order valence-electron chi connectivity index (χ0n) is 17.7. The number of carbonyl (C=O) groups is 2. The van der Waals surface area contributed by atoms with E-state index in [0.717, 1.165) is 51.3 Å². The predicted octanol–water partition coefficient (Wildman–Crippen LogP) is 2.30. The normalized spacial score (nSPS) is 23.7. The molecule has 2 amide bonds. The third-order valence-electron chi connectivity index (χ3n) is 5.89. The Morgan fingerprint density at radius 1 is 1.18 bits per heavy atom. The zero-order valence-corrected chi connectivity index (χ0v) is 17.7. The van der Waals surface area contributed by atoms with Crippen molar-refractivity contribution in [1.82, 2.24) is 14.7 Å². The molecule has 2 aliphatic heterocycles. The molecule has 2 saturated heterocycles. The Balaban J connectivity index is 1.64. The van der Waals surface area contributed by atoms with E-state index in [9.17, 15) is 9.59 Å². The molecule has 2 heterocycles. The Hall–Kier alpha value is -1.92. The van der Waals surface area contributed by atoms with E-state index in [1.54, 1.807) is 4.90 Å². The van der Waals surface area contributed by atoms with E-state index in [1.165, 1.54) is 0 Å². The van der Waals surface area contributed by atoms with Gasteiger partial charge in [0.05, 0.1) is 0 Å². The molecule has 0 N–H and O–H groups in total. The lowest BCUT2D eigenvalue weighted by molar-refractivity contribution is -0.117. The van der Waals surface area contributed by atoms with Crippen LogP contribution in [0.1, 0.15) is 43.5 Å². The van der Waals surface area contributed by atoms with Crippen LogP contribution in [0.15, 0.2) is 24.3 Å². The van der Waals surface area contributed by atoms with Crippen LogP contribution in [0.5, 0.6) is 0 Å². The van der Waals surface area contributed by atoms with Crippen molar-refractivity contribution in [2.75, 3.05) is 51.7 Å². The minimum atomic E-state index is 0.0696. The van der Waals surface area contributed by atoms with Crippen molar-refractivity contribution in [3.63, 3.8) is 0 Å². The summed E-state index contributed by atoms with van der Waals surface area (Å²) in [6.45, 7) is 8.82. The molecule has 1 aromatic rings. The van der Waals surface area contributed by atoms with Crippen molar-refractivity contribution in [1.29, 1.82) is 0 Å². The van der Waals surface area contributed by atoms with Crippen LogP contribution in [-0.4, -0.2) is 85.4 Å². The van der Waals surface area contributed by atoms with Crippen molar-refractivity contribution in [2.45, 2.75) is 45.2 Å². The van der Waals surface area contributed by atoms with E-state index in [4.69, 9.17) is 0 Å². The summed E-state index contributed by atoms with van der Waals surface area (Å²) in [5, 5.41) is 0. The molecule has 0 aliphatic carbocycles. The summed E-state index contributed by atoms with van der Waals surface area (Å²) in [5.41, 5.74) is 1.52.